The molecule has 1 aliphatic heterocycles. The molecule has 1 aliphatic rings. The zero-order valence-electron chi connectivity index (χ0n) is 19.1. The number of para-hydroxylation sites is 2. The summed E-state index contributed by atoms with van der Waals surface area (Å²) in [5.74, 6) is -0.532. The van der Waals surface area contributed by atoms with Gasteiger partial charge in [-0.3, -0.25) is 18.9 Å². The number of nitrogens with one attached hydrogen (secondary N) is 1. The van der Waals surface area contributed by atoms with E-state index >= 15 is 4.39 Å². The number of rotatable bonds is 9. The van der Waals surface area contributed by atoms with E-state index in [1.807, 2.05) is 4.98 Å². The highest BCUT2D eigenvalue weighted by molar-refractivity contribution is 7.34. The zero-order valence-corrected chi connectivity index (χ0v) is 20.0. The van der Waals surface area contributed by atoms with Crippen LogP contribution in [0.1, 0.15) is 27.0 Å². The Morgan fingerprint density at radius 3 is 2.71 bits per heavy atom. The highest BCUT2D eigenvalue weighted by Gasteiger charge is 2.55. The van der Waals surface area contributed by atoms with Crippen molar-refractivity contribution in [3.63, 3.8) is 0 Å². The number of carbonyl (C=O) groups is 1. The fraction of sp³-hybridized carbons (Fsp3) is 0.476. The minimum Gasteiger partial charge on any atom is -0.575 e. The summed E-state index contributed by atoms with van der Waals surface area (Å²) in [6.45, 7) is 3.90. The lowest BCUT2D eigenvalue weighted by molar-refractivity contribution is -0.169. The van der Waals surface area contributed by atoms with Crippen molar-refractivity contribution in [1.29, 1.82) is 0 Å². The largest absolute Gasteiger partial charge is 0.575 e. The molecular formula is C21H25FN3O9P. The van der Waals surface area contributed by atoms with Gasteiger partial charge in [-0.15, -0.1) is 0 Å². The third-order valence-corrected chi connectivity index (χ3v) is 6.03. The molecule has 190 valence electrons. The monoisotopic (exact) mass is 513 g/mol. The molecule has 1 unspecified atom stereocenters. The van der Waals surface area contributed by atoms with Crippen LogP contribution in [0, 0.1) is 0 Å². The second-order valence-electron chi connectivity index (χ2n) is 7.77. The van der Waals surface area contributed by atoms with Crippen LogP contribution in [-0.2, 0) is 14.3 Å². The number of benzene rings is 1. The van der Waals surface area contributed by atoms with Crippen molar-refractivity contribution in [2.24, 2.45) is 4.74 Å². The topological polar surface area (TPSA) is 164 Å². The normalized spacial score (nSPS) is 25.2. The summed E-state index contributed by atoms with van der Waals surface area (Å²) in [4.78, 5) is 49.3. The molecular weight excluding hydrogens is 488 g/mol. The van der Waals surface area contributed by atoms with Gasteiger partial charge in [0.25, 0.3) is 5.56 Å². The summed E-state index contributed by atoms with van der Waals surface area (Å²) in [6.07, 6.45) is -3.35. The van der Waals surface area contributed by atoms with E-state index in [9.17, 15) is 24.4 Å². The van der Waals surface area contributed by atoms with Gasteiger partial charge in [-0.1, -0.05) is 16.9 Å². The van der Waals surface area contributed by atoms with Crippen LogP contribution in [0.3, 0.4) is 0 Å². The van der Waals surface area contributed by atoms with Gasteiger partial charge in [0.05, 0.1) is 6.61 Å². The number of halogens is 1. The van der Waals surface area contributed by atoms with Crippen molar-refractivity contribution in [1.82, 2.24) is 9.55 Å². The molecule has 1 aromatic heterocycles. The predicted molar refractivity (Wildman–Crippen MR) is 119 cm³/mol. The van der Waals surface area contributed by atoms with E-state index in [4.69, 9.17) is 18.7 Å². The van der Waals surface area contributed by atoms with Crippen molar-refractivity contribution < 1.29 is 37.9 Å². The number of aliphatic hydroxyl groups is 1. The summed E-state index contributed by atoms with van der Waals surface area (Å²) in [5.41, 5.74) is -3.95. The van der Waals surface area contributed by atoms with Crippen molar-refractivity contribution >= 4 is 14.1 Å². The number of nitrogens with zero attached hydrogens (tertiary/aromatic N) is 2. The molecule has 1 saturated heterocycles. The van der Waals surface area contributed by atoms with Crippen LogP contribution in [0.15, 0.2) is 50.9 Å². The number of alkyl halides is 1. The van der Waals surface area contributed by atoms with Gasteiger partial charge in [0.2, 0.25) is 5.75 Å². The highest BCUT2D eigenvalue weighted by atomic mass is 31.1. The van der Waals surface area contributed by atoms with Gasteiger partial charge < -0.3 is 24.2 Å². The van der Waals surface area contributed by atoms with Crippen LogP contribution in [0.2, 0.25) is 0 Å². The number of aromatic nitrogens is 2. The summed E-state index contributed by atoms with van der Waals surface area (Å²) in [5, 5.41) is 10.5. The van der Waals surface area contributed by atoms with E-state index in [1.165, 1.54) is 19.1 Å². The Balaban J connectivity index is 1.72. The standard InChI is InChI=1S/C21H25FN3O9P/c1-4-31-18(28)12(2)24-35(30)34-14-8-6-5-7-13(14)32-11-15-17(27)21(3,22)19(33-15)25-10-9-16(26)23-20(25)29/h5-10,12,15,17,19,27H,4,11H2,1-3H3,(H,23,26,29)/t12-,15+,17+,19+,21+/m0/s1. The van der Waals surface area contributed by atoms with Crippen molar-refractivity contribution in [2.45, 2.75) is 50.9 Å². The second-order valence-corrected chi connectivity index (χ2v) is 8.66. The van der Waals surface area contributed by atoms with Gasteiger partial charge in [0.15, 0.2) is 23.7 Å². The van der Waals surface area contributed by atoms with Gasteiger partial charge in [0, 0.05) is 12.3 Å². The average Bonchev–Trinajstić information content (AvgIpc) is 3.02. The number of aromatic amines is 1. The summed E-state index contributed by atoms with van der Waals surface area (Å²) >= 11 is 0. The first-order valence-corrected chi connectivity index (χ1v) is 11.8. The zero-order chi connectivity index (χ0) is 25.8. The smallest absolute Gasteiger partial charge is 0.395 e. The molecule has 0 radical (unpaired) electrons. The summed E-state index contributed by atoms with van der Waals surface area (Å²) < 4.78 is 41.2. The number of ether oxygens (including phenoxy) is 3. The van der Waals surface area contributed by atoms with Crippen molar-refractivity contribution in [3.8, 4) is 11.5 Å². The van der Waals surface area contributed by atoms with Gasteiger partial charge in [-0.2, -0.15) is 0 Å². The van der Waals surface area contributed by atoms with Crippen LogP contribution in [-0.4, -0.2) is 57.8 Å². The van der Waals surface area contributed by atoms with E-state index in [0.717, 1.165) is 23.8 Å². The molecule has 0 saturated carbocycles. The Morgan fingerprint density at radius 2 is 2.06 bits per heavy atom. The van der Waals surface area contributed by atoms with Crippen molar-refractivity contribution in [3.05, 3.63) is 57.4 Å². The number of aliphatic hydroxyl groups excluding tert-OH is 1. The third kappa shape index (κ3) is 6.12. The van der Waals surface area contributed by atoms with Crippen molar-refractivity contribution in [2.75, 3.05) is 13.2 Å². The maximum Gasteiger partial charge on any atom is 0.395 e. The number of hydrogen-bond donors (Lipinski definition) is 2. The summed E-state index contributed by atoms with van der Waals surface area (Å²) in [7, 11) is -2.66. The SMILES string of the molecule is CCOC(=O)[C@H](C)N=[P+]([O-])Oc1ccccc1OC[C@H]1O[C@@H](n2ccc(=O)[nH]c2=O)[C@](C)(F)[C@@H]1O. The molecule has 0 aliphatic carbocycles. The fourth-order valence-electron chi connectivity index (χ4n) is 3.34. The molecule has 2 heterocycles. The number of esters is 1. The molecule has 6 atom stereocenters. The summed E-state index contributed by atoms with van der Waals surface area (Å²) in [6, 6.07) is 6.12. The lowest BCUT2D eigenvalue weighted by Crippen LogP contribution is -2.43. The number of H-pyrrole nitrogens is 1. The van der Waals surface area contributed by atoms with Crippen LogP contribution in [0.4, 0.5) is 4.39 Å². The molecule has 0 bridgehead atoms. The Hall–Kier alpha value is -3.12. The first kappa shape index (κ1) is 26.5. The molecule has 12 nitrogen and oxygen atoms in total. The molecule has 0 amide bonds. The number of hydrogen-bond acceptors (Lipinski definition) is 10. The minimum atomic E-state index is -2.66. The van der Waals surface area contributed by atoms with Crippen LogP contribution in [0.5, 0.6) is 11.5 Å². The van der Waals surface area contributed by atoms with Gasteiger partial charge in [-0.25, -0.2) is 14.0 Å². The van der Waals surface area contributed by atoms with Crippen LogP contribution in [0.25, 0.3) is 0 Å². The van der Waals surface area contributed by atoms with Crippen LogP contribution >= 0.6 is 8.17 Å². The highest BCUT2D eigenvalue weighted by Crippen LogP contribution is 2.41. The van der Waals surface area contributed by atoms with Gasteiger partial charge in [-0.05, 0) is 32.9 Å². The Labute approximate surface area is 199 Å². The maximum atomic E-state index is 15.3. The lowest BCUT2D eigenvalue weighted by atomic mass is 9.98. The maximum absolute atomic E-state index is 15.3. The van der Waals surface area contributed by atoms with E-state index < -0.39 is 55.5 Å². The average molecular weight is 513 g/mol. The van der Waals surface area contributed by atoms with E-state index in [-0.39, 0.29) is 24.7 Å². The second kappa shape index (κ2) is 11.1. The van der Waals surface area contributed by atoms with Gasteiger partial charge in [0.1, 0.15) is 18.8 Å². The molecule has 1 fully saturated rings. The molecule has 35 heavy (non-hydrogen) atoms. The lowest BCUT2D eigenvalue weighted by Gasteiger charge is -2.24. The first-order chi connectivity index (χ1) is 16.5. The molecule has 14 heteroatoms. The van der Waals surface area contributed by atoms with Gasteiger partial charge >= 0.3 is 19.8 Å². The quantitative estimate of drug-likeness (QED) is 0.364. The first-order valence-electron chi connectivity index (χ1n) is 10.6. The minimum absolute atomic E-state index is 0.0253. The molecule has 1 aromatic carbocycles. The van der Waals surface area contributed by atoms with E-state index in [0.29, 0.717) is 0 Å². The Bertz CT molecular complexity index is 1200. The van der Waals surface area contributed by atoms with Crippen LogP contribution < -0.4 is 25.4 Å². The molecule has 2 N–H and O–H groups in total. The molecule has 0 spiro atoms. The number of carbonyl (C=O) groups excluding carboxylic acids is 1. The Kier molecular flexibility index (Phi) is 8.39. The third-order valence-electron chi connectivity index (χ3n) is 5.14. The van der Waals surface area contributed by atoms with E-state index in [1.54, 1.807) is 19.1 Å². The predicted octanol–water partition coefficient (Wildman–Crippen LogP) is 0.788. The van der Waals surface area contributed by atoms with E-state index in [2.05, 4.69) is 4.74 Å². The Morgan fingerprint density at radius 1 is 1.37 bits per heavy atom. The fourth-order valence-corrected chi connectivity index (χ4v) is 4.08. The molecule has 2 aromatic rings. The molecule has 3 rings (SSSR count).